The maximum atomic E-state index is 12.1. The van der Waals surface area contributed by atoms with Gasteiger partial charge in [0.25, 0.3) is 0 Å². The number of esters is 1. The van der Waals surface area contributed by atoms with Crippen LogP contribution in [-0.4, -0.2) is 12.6 Å². The molecule has 3 nitrogen and oxygen atoms in total. The van der Waals surface area contributed by atoms with Crippen molar-refractivity contribution in [2.24, 2.45) is 11.7 Å². The number of carbonyl (C=O) groups excluding carboxylic acids is 1. The van der Waals surface area contributed by atoms with Crippen LogP contribution in [0.15, 0.2) is 18.2 Å². The van der Waals surface area contributed by atoms with Crippen molar-refractivity contribution >= 4 is 29.2 Å². The highest BCUT2D eigenvalue weighted by Crippen LogP contribution is 2.45. The van der Waals surface area contributed by atoms with E-state index in [4.69, 9.17) is 33.7 Å². The van der Waals surface area contributed by atoms with Crippen LogP contribution in [0.25, 0.3) is 0 Å². The summed E-state index contributed by atoms with van der Waals surface area (Å²) in [6.45, 7) is 2.08. The van der Waals surface area contributed by atoms with Crippen LogP contribution in [0, 0.1) is 5.92 Å². The molecule has 1 aromatic carbocycles. The quantitative estimate of drug-likeness (QED) is 0.866. The van der Waals surface area contributed by atoms with Crippen molar-refractivity contribution in [2.45, 2.75) is 25.3 Å². The Morgan fingerprint density at radius 2 is 2.11 bits per heavy atom. The third kappa shape index (κ3) is 2.35. The molecule has 1 aromatic rings. The fourth-order valence-electron chi connectivity index (χ4n) is 2.06. The lowest BCUT2D eigenvalue weighted by Gasteiger charge is -2.27. The SMILES string of the molecule is CCOC(=O)C(N)(c1ccc(Cl)c(Cl)c1)C1CC1. The molecule has 1 aliphatic rings. The van der Waals surface area contributed by atoms with E-state index in [2.05, 4.69) is 0 Å². The molecule has 1 aliphatic carbocycles. The Labute approximate surface area is 116 Å². The van der Waals surface area contributed by atoms with Crippen molar-refractivity contribution in [3.8, 4) is 0 Å². The molecule has 2 N–H and O–H groups in total. The number of hydrogen-bond donors (Lipinski definition) is 1. The van der Waals surface area contributed by atoms with Gasteiger partial charge in [0.15, 0.2) is 0 Å². The Bertz CT molecular complexity index is 474. The fourth-order valence-corrected chi connectivity index (χ4v) is 2.36. The molecule has 0 saturated heterocycles. The van der Waals surface area contributed by atoms with Gasteiger partial charge in [-0.2, -0.15) is 0 Å². The molecule has 0 aliphatic heterocycles. The average molecular weight is 288 g/mol. The number of benzene rings is 1. The summed E-state index contributed by atoms with van der Waals surface area (Å²) in [7, 11) is 0. The van der Waals surface area contributed by atoms with E-state index in [1.807, 2.05) is 0 Å². The van der Waals surface area contributed by atoms with Crippen molar-refractivity contribution in [1.29, 1.82) is 0 Å². The summed E-state index contributed by atoms with van der Waals surface area (Å²) in [6.07, 6.45) is 1.85. The van der Waals surface area contributed by atoms with Gasteiger partial charge in [0.05, 0.1) is 16.7 Å². The number of nitrogens with two attached hydrogens (primary N) is 1. The van der Waals surface area contributed by atoms with E-state index < -0.39 is 11.5 Å². The Hall–Kier alpha value is -0.770. The van der Waals surface area contributed by atoms with Crippen LogP contribution >= 0.6 is 23.2 Å². The van der Waals surface area contributed by atoms with Gasteiger partial charge in [0, 0.05) is 0 Å². The van der Waals surface area contributed by atoms with Gasteiger partial charge in [0.2, 0.25) is 0 Å². The van der Waals surface area contributed by atoms with Gasteiger partial charge < -0.3 is 10.5 Å². The van der Waals surface area contributed by atoms with E-state index in [0.717, 1.165) is 12.8 Å². The van der Waals surface area contributed by atoms with Crippen LogP contribution < -0.4 is 5.73 Å². The Balaban J connectivity index is 2.40. The lowest BCUT2D eigenvalue weighted by Crippen LogP contribution is -2.48. The van der Waals surface area contributed by atoms with Crippen LogP contribution in [0.3, 0.4) is 0 Å². The van der Waals surface area contributed by atoms with Crippen molar-refractivity contribution in [2.75, 3.05) is 6.61 Å². The summed E-state index contributed by atoms with van der Waals surface area (Å²) in [6, 6.07) is 5.05. The van der Waals surface area contributed by atoms with Crippen LogP contribution in [0.1, 0.15) is 25.3 Å². The highest BCUT2D eigenvalue weighted by atomic mass is 35.5. The van der Waals surface area contributed by atoms with Crippen molar-refractivity contribution in [3.63, 3.8) is 0 Å². The van der Waals surface area contributed by atoms with Crippen molar-refractivity contribution in [3.05, 3.63) is 33.8 Å². The summed E-state index contributed by atoms with van der Waals surface area (Å²) < 4.78 is 5.09. The predicted molar refractivity (Wildman–Crippen MR) is 71.7 cm³/mol. The Kier molecular flexibility index (Phi) is 3.85. The summed E-state index contributed by atoms with van der Waals surface area (Å²) in [5, 5.41) is 0.844. The normalized spacial score (nSPS) is 18.2. The highest BCUT2D eigenvalue weighted by molar-refractivity contribution is 6.42. The van der Waals surface area contributed by atoms with Gasteiger partial charge >= 0.3 is 5.97 Å². The second kappa shape index (κ2) is 5.08. The molecule has 1 unspecified atom stereocenters. The van der Waals surface area contributed by atoms with Gasteiger partial charge in [-0.25, -0.2) is 4.79 Å². The molecule has 1 atom stereocenters. The van der Waals surface area contributed by atoms with Gasteiger partial charge in [-0.3, -0.25) is 0 Å². The Morgan fingerprint density at radius 1 is 1.44 bits per heavy atom. The van der Waals surface area contributed by atoms with Gasteiger partial charge in [-0.05, 0) is 43.4 Å². The average Bonchev–Trinajstić information content (AvgIpc) is 3.16. The maximum absolute atomic E-state index is 12.1. The molecule has 0 radical (unpaired) electrons. The maximum Gasteiger partial charge on any atom is 0.331 e. The third-order valence-electron chi connectivity index (χ3n) is 3.23. The second-order valence-electron chi connectivity index (χ2n) is 4.49. The molecular weight excluding hydrogens is 273 g/mol. The van der Waals surface area contributed by atoms with E-state index in [-0.39, 0.29) is 5.92 Å². The standard InChI is InChI=1S/C13H15Cl2NO2/c1-2-18-12(17)13(16,8-3-4-8)9-5-6-10(14)11(15)7-9/h5-8H,2-4,16H2,1H3. The van der Waals surface area contributed by atoms with Crippen molar-refractivity contribution < 1.29 is 9.53 Å². The first kappa shape index (κ1) is 13.7. The minimum atomic E-state index is -1.11. The summed E-state index contributed by atoms with van der Waals surface area (Å²) in [4.78, 5) is 12.1. The van der Waals surface area contributed by atoms with Gasteiger partial charge in [-0.15, -0.1) is 0 Å². The molecule has 0 spiro atoms. The zero-order valence-electron chi connectivity index (χ0n) is 10.1. The van der Waals surface area contributed by atoms with Crippen LogP contribution in [0.4, 0.5) is 0 Å². The molecule has 1 fully saturated rings. The van der Waals surface area contributed by atoms with E-state index in [0.29, 0.717) is 22.2 Å². The highest BCUT2D eigenvalue weighted by Gasteiger charge is 2.50. The van der Waals surface area contributed by atoms with E-state index in [1.165, 1.54) is 0 Å². The molecule has 0 aromatic heterocycles. The van der Waals surface area contributed by atoms with E-state index in [1.54, 1.807) is 25.1 Å². The van der Waals surface area contributed by atoms with Crippen LogP contribution in [-0.2, 0) is 15.1 Å². The number of carbonyl (C=O) groups is 1. The van der Waals surface area contributed by atoms with Crippen LogP contribution in [0.5, 0.6) is 0 Å². The number of halogens is 2. The van der Waals surface area contributed by atoms with E-state index >= 15 is 0 Å². The summed E-state index contributed by atoms with van der Waals surface area (Å²) in [5.41, 5.74) is 5.85. The molecule has 0 bridgehead atoms. The summed E-state index contributed by atoms with van der Waals surface area (Å²) >= 11 is 11.9. The number of rotatable bonds is 4. The van der Waals surface area contributed by atoms with Gasteiger partial charge in [-0.1, -0.05) is 29.3 Å². The topological polar surface area (TPSA) is 52.3 Å². The van der Waals surface area contributed by atoms with Crippen molar-refractivity contribution in [1.82, 2.24) is 0 Å². The molecule has 2 rings (SSSR count). The minimum Gasteiger partial charge on any atom is -0.464 e. The monoisotopic (exact) mass is 287 g/mol. The lowest BCUT2D eigenvalue weighted by molar-refractivity contribution is -0.151. The molecule has 1 saturated carbocycles. The zero-order valence-corrected chi connectivity index (χ0v) is 11.6. The van der Waals surface area contributed by atoms with Gasteiger partial charge in [0.1, 0.15) is 5.54 Å². The second-order valence-corrected chi connectivity index (χ2v) is 5.31. The molecule has 0 heterocycles. The molecule has 0 amide bonds. The molecule has 98 valence electrons. The van der Waals surface area contributed by atoms with E-state index in [9.17, 15) is 4.79 Å². The minimum absolute atomic E-state index is 0.119. The molecular formula is C13H15Cl2NO2. The number of hydrogen-bond acceptors (Lipinski definition) is 3. The Morgan fingerprint density at radius 3 is 2.61 bits per heavy atom. The largest absolute Gasteiger partial charge is 0.464 e. The smallest absolute Gasteiger partial charge is 0.331 e. The lowest BCUT2D eigenvalue weighted by atomic mass is 9.86. The fraction of sp³-hybridized carbons (Fsp3) is 0.462. The first-order chi connectivity index (χ1) is 8.50. The molecule has 18 heavy (non-hydrogen) atoms. The predicted octanol–water partition coefficient (Wildman–Crippen LogP) is 3.12. The summed E-state index contributed by atoms with van der Waals surface area (Å²) in [5.74, 6) is -0.278. The number of ether oxygens (including phenoxy) is 1. The molecule has 5 heteroatoms. The third-order valence-corrected chi connectivity index (χ3v) is 3.97. The first-order valence-corrected chi connectivity index (χ1v) is 6.67. The van der Waals surface area contributed by atoms with Crippen LogP contribution in [0.2, 0.25) is 10.0 Å². The zero-order chi connectivity index (χ0) is 13.3. The first-order valence-electron chi connectivity index (χ1n) is 5.91.